The Bertz CT molecular complexity index is 1890. The van der Waals surface area contributed by atoms with Crippen LogP contribution in [0.15, 0.2) is 82.4 Å². The third-order valence-electron chi connectivity index (χ3n) is 9.20. The molecule has 2 aliphatic heterocycles. The van der Waals surface area contributed by atoms with E-state index in [4.69, 9.17) is 14.4 Å². The molecule has 0 bridgehead atoms. The summed E-state index contributed by atoms with van der Waals surface area (Å²) in [5.41, 5.74) is 0.664. The first kappa shape index (κ1) is 27.6. The second-order valence-electron chi connectivity index (χ2n) is 11.7. The minimum absolute atomic E-state index is 0.0139. The van der Waals surface area contributed by atoms with Crippen molar-refractivity contribution in [2.45, 2.75) is 45.1 Å². The number of nitro groups is 1. The lowest BCUT2D eigenvalue weighted by atomic mass is 9.52. The second kappa shape index (κ2) is 9.94. The first-order valence-electron chi connectivity index (χ1n) is 14.2. The minimum atomic E-state index is -1.51. The maximum Gasteiger partial charge on any atom is 0.334 e. The SMILES string of the molecule is CC1=NN(c2ccccc2)C(=O)[C@]12C[C@@H]1C(=O)c3cc(C)ccc3O[C@H]1[C@H](c1onc(C)c1[N+](=O)[O-])[C@H]2c1cccc(F)c1. The fourth-order valence-corrected chi connectivity index (χ4v) is 7.30. The number of ketones is 1. The van der Waals surface area contributed by atoms with E-state index < -0.39 is 45.9 Å². The highest BCUT2D eigenvalue weighted by atomic mass is 19.1. The lowest BCUT2D eigenvalue weighted by Gasteiger charge is -2.51. The molecule has 0 unspecified atom stereocenters. The van der Waals surface area contributed by atoms with Gasteiger partial charge in [-0.05, 0) is 69.2 Å². The number of anilines is 1. The van der Waals surface area contributed by atoms with Crippen LogP contribution in [0.2, 0.25) is 0 Å². The molecule has 3 heterocycles. The predicted molar refractivity (Wildman–Crippen MR) is 157 cm³/mol. The maximum atomic E-state index is 14.9. The molecule has 11 heteroatoms. The maximum absolute atomic E-state index is 14.9. The van der Waals surface area contributed by atoms with Gasteiger partial charge in [0.25, 0.3) is 5.91 Å². The summed E-state index contributed by atoms with van der Waals surface area (Å²) in [6, 6.07) is 19.9. The molecule has 1 aromatic heterocycles. The van der Waals surface area contributed by atoms with Crippen molar-refractivity contribution in [1.82, 2.24) is 5.16 Å². The summed E-state index contributed by atoms with van der Waals surface area (Å²) in [6.07, 6.45) is -1.01. The normalized spacial score (nSPS) is 25.8. The number of nitrogens with zero attached hydrogens (tertiary/aromatic N) is 4. The van der Waals surface area contributed by atoms with Crippen molar-refractivity contribution in [3.8, 4) is 5.75 Å². The van der Waals surface area contributed by atoms with Crippen LogP contribution in [0, 0.1) is 41.1 Å². The molecule has 0 radical (unpaired) electrons. The summed E-state index contributed by atoms with van der Waals surface area (Å²) >= 11 is 0. The highest BCUT2D eigenvalue weighted by Crippen LogP contribution is 2.62. The van der Waals surface area contributed by atoms with Gasteiger partial charge >= 0.3 is 5.69 Å². The first-order chi connectivity index (χ1) is 21.1. The molecule has 1 saturated carbocycles. The number of hydrazone groups is 1. The summed E-state index contributed by atoms with van der Waals surface area (Å²) in [7, 11) is 0. The van der Waals surface area contributed by atoms with E-state index in [1.807, 2.05) is 19.1 Å². The molecule has 1 amide bonds. The number of benzene rings is 3. The lowest BCUT2D eigenvalue weighted by Crippen LogP contribution is -2.58. The van der Waals surface area contributed by atoms with Crippen LogP contribution < -0.4 is 9.75 Å². The molecule has 0 N–H and O–H groups in total. The van der Waals surface area contributed by atoms with Gasteiger partial charge in [-0.25, -0.2) is 4.39 Å². The number of para-hydroxylation sites is 1. The summed E-state index contributed by atoms with van der Waals surface area (Å²) in [6.45, 7) is 5.02. The smallest absolute Gasteiger partial charge is 0.334 e. The molecule has 44 heavy (non-hydrogen) atoms. The number of aryl methyl sites for hydroxylation is 2. The van der Waals surface area contributed by atoms with Crippen molar-refractivity contribution in [2.24, 2.45) is 16.4 Å². The Labute approximate surface area is 251 Å². The van der Waals surface area contributed by atoms with E-state index in [2.05, 4.69) is 5.16 Å². The van der Waals surface area contributed by atoms with Gasteiger partial charge in [0.15, 0.2) is 11.5 Å². The highest BCUT2D eigenvalue weighted by Gasteiger charge is 2.67. The van der Waals surface area contributed by atoms with Crippen molar-refractivity contribution >= 4 is 28.8 Å². The van der Waals surface area contributed by atoms with Crippen LogP contribution in [-0.4, -0.2) is 33.6 Å². The monoisotopic (exact) mass is 594 g/mol. The number of aromatic nitrogens is 1. The van der Waals surface area contributed by atoms with Crippen LogP contribution in [0.3, 0.4) is 0 Å². The number of fused-ring (bicyclic) bond motifs is 2. The van der Waals surface area contributed by atoms with Gasteiger partial charge < -0.3 is 9.26 Å². The van der Waals surface area contributed by atoms with E-state index in [1.165, 1.54) is 30.1 Å². The summed E-state index contributed by atoms with van der Waals surface area (Å²) in [5.74, 6) is -4.03. The number of ether oxygens (including phenoxy) is 1. The summed E-state index contributed by atoms with van der Waals surface area (Å²) in [4.78, 5) is 41.0. The molecule has 1 spiro atoms. The highest BCUT2D eigenvalue weighted by molar-refractivity contribution is 6.20. The van der Waals surface area contributed by atoms with Crippen LogP contribution in [-0.2, 0) is 4.79 Å². The van der Waals surface area contributed by atoms with Crippen LogP contribution in [0.5, 0.6) is 5.75 Å². The zero-order chi connectivity index (χ0) is 30.9. The summed E-state index contributed by atoms with van der Waals surface area (Å²) in [5, 5.41) is 22.3. The Hall–Kier alpha value is -5.19. The Morgan fingerprint density at radius 3 is 2.52 bits per heavy atom. The molecule has 1 aliphatic carbocycles. The molecule has 10 nitrogen and oxygen atoms in total. The van der Waals surface area contributed by atoms with Crippen LogP contribution >= 0.6 is 0 Å². The van der Waals surface area contributed by atoms with Gasteiger partial charge in [0.05, 0.1) is 39.1 Å². The molecule has 3 aromatic carbocycles. The Balaban J connectivity index is 1.52. The molecule has 0 saturated heterocycles. The average molecular weight is 595 g/mol. The largest absolute Gasteiger partial charge is 0.488 e. The van der Waals surface area contributed by atoms with E-state index in [0.717, 1.165) is 5.56 Å². The number of rotatable bonds is 4. The van der Waals surface area contributed by atoms with Crippen LogP contribution in [0.1, 0.15) is 58.1 Å². The van der Waals surface area contributed by atoms with Crippen molar-refractivity contribution in [3.63, 3.8) is 0 Å². The first-order valence-corrected chi connectivity index (χ1v) is 14.2. The Morgan fingerprint density at radius 1 is 1.02 bits per heavy atom. The van der Waals surface area contributed by atoms with Crippen molar-refractivity contribution in [2.75, 3.05) is 5.01 Å². The van der Waals surface area contributed by atoms with Crippen LogP contribution in [0.4, 0.5) is 15.8 Å². The fourth-order valence-electron chi connectivity index (χ4n) is 7.30. The molecular weight excluding hydrogens is 567 g/mol. The number of hydrogen-bond donors (Lipinski definition) is 0. The number of carbonyl (C=O) groups excluding carboxylic acids is 2. The third-order valence-corrected chi connectivity index (χ3v) is 9.20. The third kappa shape index (κ3) is 3.91. The number of Topliss-reactive ketones (excluding diaryl/α,β-unsaturated/α-hetero) is 1. The minimum Gasteiger partial charge on any atom is -0.488 e. The average Bonchev–Trinajstić information content (AvgIpc) is 3.51. The van der Waals surface area contributed by atoms with Gasteiger partial charge in [0.1, 0.15) is 17.7 Å². The van der Waals surface area contributed by atoms with E-state index in [9.17, 15) is 24.1 Å². The number of amides is 1. The van der Waals surface area contributed by atoms with Gasteiger partial charge in [0.2, 0.25) is 5.76 Å². The molecule has 7 rings (SSSR count). The van der Waals surface area contributed by atoms with E-state index >= 15 is 0 Å². The molecule has 3 aliphatic rings. The van der Waals surface area contributed by atoms with Gasteiger partial charge in [-0.15, -0.1) is 0 Å². The van der Waals surface area contributed by atoms with Crippen LogP contribution in [0.25, 0.3) is 0 Å². The molecule has 4 aromatic rings. The van der Waals surface area contributed by atoms with E-state index in [1.54, 1.807) is 49.4 Å². The molecular formula is C33H27FN4O6. The van der Waals surface area contributed by atoms with Crippen molar-refractivity contribution in [3.05, 3.63) is 117 Å². The topological polar surface area (TPSA) is 128 Å². The van der Waals surface area contributed by atoms with Gasteiger partial charge in [-0.3, -0.25) is 19.7 Å². The number of carbonyl (C=O) groups is 2. The molecule has 222 valence electrons. The Morgan fingerprint density at radius 2 is 1.80 bits per heavy atom. The predicted octanol–water partition coefficient (Wildman–Crippen LogP) is 6.28. The number of hydrogen-bond acceptors (Lipinski definition) is 8. The van der Waals surface area contributed by atoms with E-state index in [-0.39, 0.29) is 29.3 Å². The van der Waals surface area contributed by atoms with E-state index in [0.29, 0.717) is 28.3 Å². The quantitative estimate of drug-likeness (QED) is 0.201. The molecule has 5 atom stereocenters. The molecule has 1 fully saturated rings. The van der Waals surface area contributed by atoms with Crippen molar-refractivity contribution < 1.29 is 28.2 Å². The van der Waals surface area contributed by atoms with Gasteiger partial charge in [0, 0.05) is 5.92 Å². The standard InChI is InChI=1S/C33H27FN4O6/c1-17-12-13-25-23(14-17)29(39)24-16-33(19(3)35-37(32(33)40)22-10-5-4-6-11-22)27(20-8-7-9-21(34)15-20)26(30(24)43-25)31-28(38(41)42)18(2)36-44-31/h4-15,24,26-27,30H,16H2,1-3H3/t24-,26-,27-,30-,33-/m1/s1. The lowest BCUT2D eigenvalue weighted by molar-refractivity contribution is -0.387. The fraction of sp³-hybridized carbons (Fsp3) is 0.273. The Kier molecular flexibility index (Phi) is 6.24. The number of halogens is 1. The van der Waals surface area contributed by atoms with Gasteiger partial charge in [-0.1, -0.05) is 47.1 Å². The zero-order valence-electron chi connectivity index (χ0n) is 24.1. The summed E-state index contributed by atoms with van der Waals surface area (Å²) < 4.78 is 27.2. The van der Waals surface area contributed by atoms with Crippen molar-refractivity contribution in [1.29, 1.82) is 0 Å². The van der Waals surface area contributed by atoms with Gasteiger partial charge in [-0.2, -0.15) is 10.1 Å². The zero-order valence-corrected chi connectivity index (χ0v) is 24.1. The second-order valence-corrected chi connectivity index (χ2v) is 11.7.